The molecule has 2 aromatic rings. The average Bonchev–Trinajstić information content (AvgIpc) is 2.35. The third kappa shape index (κ3) is 3.95. The van der Waals surface area contributed by atoms with Gasteiger partial charge in [0.05, 0.1) is 0 Å². The first-order valence-electron chi connectivity index (χ1n) is 6.03. The van der Waals surface area contributed by atoms with Crippen LogP contribution >= 0.6 is 27.7 Å². The fourth-order valence-corrected chi connectivity index (χ4v) is 3.54. The Morgan fingerprint density at radius 3 is 2.42 bits per heavy atom. The van der Waals surface area contributed by atoms with Gasteiger partial charge in [0.15, 0.2) is 6.29 Å². The summed E-state index contributed by atoms with van der Waals surface area (Å²) in [6.07, 6.45) is 0.913. The summed E-state index contributed by atoms with van der Waals surface area (Å²) in [5, 5.41) is 0. The maximum Gasteiger partial charge on any atom is 0.151 e. The van der Waals surface area contributed by atoms with Gasteiger partial charge in [-0.25, -0.2) is 0 Å². The van der Waals surface area contributed by atoms with Gasteiger partial charge in [-0.15, -0.1) is 11.8 Å². The van der Waals surface area contributed by atoms with Crippen LogP contribution in [0, 0.1) is 13.8 Å². The summed E-state index contributed by atoms with van der Waals surface area (Å²) in [4.78, 5) is 12.0. The number of thioether (sulfide) groups is 1. The van der Waals surface area contributed by atoms with Crippen molar-refractivity contribution in [2.24, 2.45) is 0 Å². The lowest BCUT2D eigenvalue weighted by molar-refractivity contribution is 0.112. The van der Waals surface area contributed by atoms with Gasteiger partial charge in [-0.05, 0) is 37.6 Å². The Kier molecular flexibility index (Phi) is 4.83. The Labute approximate surface area is 126 Å². The van der Waals surface area contributed by atoms with Gasteiger partial charge in [-0.1, -0.05) is 45.3 Å². The van der Waals surface area contributed by atoms with Crippen LogP contribution in [0.5, 0.6) is 0 Å². The number of aldehydes is 1. The molecule has 0 saturated heterocycles. The molecular formula is C16H15BrOS. The van der Waals surface area contributed by atoms with Gasteiger partial charge in [0, 0.05) is 20.7 Å². The lowest BCUT2D eigenvalue weighted by Crippen LogP contribution is -1.88. The van der Waals surface area contributed by atoms with E-state index in [1.807, 2.05) is 18.2 Å². The molecule has 0 aliphatic carbocycles. The summed E-state index contributed by atoms with van der Waals surface area (Å²) in [5.41, 5.74) is 4.60. The summed E-state index contributed by atoms with van der Waals surface area (Å²) in [6, 6.07) is 12.3. The molecule has 0 bridgehead atoms. The highest BCUT2D eigenvalue weighted by molar-refractivity contribution is 9.10. The fourth-order valence-electron chi connectivity index (χ4n) is 2.04. The van der Waals surface area contributed by atoms with Gasteiger partial charge < -0.3 is 0 Å². The van der Waals surface area contributed by atoms with E-state index >= 15 is 0 Å². The molecule has 0 aliphatic heterocycles. The van der Waals surface area contributed by atoms with Crippen molar-refractivity contribution in [2.75, 3.05) is 0 Å². The van der Waals surface area contributed by atoms with E-state index in [2.05, 4.69) is 48.0 Å². The fraction of sp³-hybridized carbons (Fsp3) is 0.188. The van der Waals surface area contributed by atoms with E-state index in [1.165, 1.54) is 16.7 Å². The van der Waals surface area contributed by atoms with Crippen molar-refractivity contribution < 1.29 is 4.79 Å². The highest BCUT2D eigenvalue weighted by Crippen LogP contribution is 2.29. The first-order chi connectivity index (χ1) is 9.08. The van der Waals surface area contributed by atoms with Gasteiger partial charge in [0.2, 0.25) is 0 Å². The number of hydrogen-bond donors (Lipinski definition) is 0. The first kappa shape index (κ1) is 14.4. The van der Waals surface area contributed by atoms with Crippen molar-refractivity contribution in [2.45, 2.75) is 24.5 Å². The predicted octanol–water partition coefficient (Wildman–Crippen LogP) is 5.17. The van der Waals surface area contributed by atoms with Gasteiger partial charge in [0.25, 0.3) is 0 Å². The number of benzene rings is 2. The Morgan fingerprint density at radius 2 is 1.79 bits per heavy atom. The maximum absolute atomic E-state index is 11.0. The zero-order valence-corrected chi connectivity index (χ0v) is 13.3. The number of halogens is 1. The Bertz CT molecular complexity index is 587. The number of carbonyl (C=O) groups is 1. The van der Waals surface area contributed by atoms with Crippen LogP contribution in [0.15, 0.2) is 45.8 Å². The topological polar surface area (TPSA) is 17.1 Å². The molecule has 0 spiro atoms. The second kappa shape index (κ2) is 6.40. The molecule has 98 valence electrons. The highest BCUT2D eigenvalue weighted by atomic mass is 79.9. The molecule has 2 rings (SSSR count). The highest BCUT2D eigenvalue weighted by Gasteiger charge is 2.04. The smallest absolute Gasteiger partial charge is 0.151 e. The summed E-state index contributed by atoms with van der Waals surface area (Å²) in [7, 11) is 0. The Morgan fingerprint density at radius 1 is 1.11 bits per heavy atom. The van der Waals surface area contributed by atoms with Crippen molar-refractivity contribution in [3.05, 3.63) is 63.1 Å². The maximum atomic E-state index is 11.0. The van der Waals surface area contributed by atoms with Crippen LogP contribution < -0.4 is 0 Å². The lowest BCUT2D eigenvalue weighted by atomic mass is 10.1. The molecular weight excluding hydrogens is 320 g/mol. The summed E-state index contributed by atoms with van der Waals surface area (Å²) in [6.45, 7) is 4.22. The molecule has 0 unspecified atom stereocenters. The number of hydrogen-bond acceptors (Lipinski definition) is 2. The molecule has 0 saturated carbocycles. The minimum absolute atomic E-state index is 0.748. The zero-order valence-electron chi connectivity index (χ0n) is 10.9. The van der Waals surface area contributed by atoms with Crippen LogP contribution in [-0.4, -0.2) is 6.29 Å². The molecule has 3 heteroatoms. The van der Waals surface area contributed by atoms with Crippen molar-refractivity contribution >= 4 is 34.0 Å². The minimum Gasteiger partial charge on any atom is -0.298 e. The van der Waals surface area contributed by atoms with E-state index in [9.17, 15) is 4.79 Å². The molecule has 0 fully saturated rings. The van der Waals surface area contributed by atoms with E-state index in [1.54, 1.807) is 11.8 Å². The minimum atomic E-state index is 0.748. The molecule has 0 amide bonds. The van der Waals surface area contributed by atoms with Crippen molar-refractivity contribution in [3.63, 3.8) is 0 Å². The van der Waals surface area contributed by atoms with E-state index < -0.39 is 0 Å². The molecule has 0 N–H and O–H groups in total. The molecule has 0 aromatic heterocycles. The summed E-state index contributed by atoms with van der Waals surface area (Å²) >= 11 is 5.14. The molecule has 1 nitrogen and oxygen atoms in total. The second-order valence-electron chi connectivity index (χ2n) is 4.58. The standard InChI is InChI=1S/C16H15BrOS/c1-11-5-12(2)7-13(6-11)10-19-16-8-15(17)4-3-14(16)9-18/h3-9H,10H2,1-2H3. The van der Waals surface area contributed by atoms with E-state index in [0.717, 1.165) is 27.0 Å². The third-order valence-corrected chi connectivity index (χ3v) is 4.41. The van der Waals surface area contributed by atoms with Gasteiger partial charge in [-0.2, -0.15) is 0 Å². The number of aryl methyl sites for hydroxylation is 2. The number of rotatable bonds is 4. The predicted molar refractivity (Wildman–Crippen MR) is 85.0 cm³/mol. The molecule has 0 atom stereocenters. The molecule has 19 heavy (non-hydrogen) atoms. The SMILES string of the molecule is Cc1cc(C)cc(CSc2cc(Br)ccc2C=O)c1. The van der Waals surface area contributed by atoms with Gasteiger partial charge in [0.1, 0.15) is 0 Å². The van der Waals surface area contributed by atoms with Crippen LogP contribution in [-0.2, 0) is 5.75 Å². The largest absolute Gasteiger partial charge is 0.298 e. The van der Waals surface area contributed by atoms with E-state index in [0.29, 0.717) is 0 Å². The van der Waals surface area contributed by atoms with E-state index in [-0.39, 0.29) is 0 Å². The summed E-state index contributed by atoms with van der Waals surface area (Å²) in [5.74, 6) is 0.875. The van der Waals surface area contributed by atoms with Crippen LogP contribution in [0.3, 0.4) is 0 Å². The molecule has 0 heterocycles. The number of carbonyl (C=O) groups excluding carboxylic acids is 1. The third-order valence-electron chi connectivity index (χ3n) is 2.78. The van der Waals surface area contributed by atoms with Crippen LogP contribution in [0.1, 0.15) is 27.0 Å². The zero-order chi connectivity index (χ0) is 13.8. The summed E-state index contributed by atoms with van der Waals surface area (Å²) < 4.78 is 1.00. The second-order valence-corrected chi connectivity index (χ2v) is 6.52. The quantitative estimate of drug-likeness (QED) is 0.566. The van der Waals surface area contributed by atoms with Crippen molar-refractivity contribution in [3.8, 4) is 0 Å². The van der Waals surface area contributed by atoms with E-state index in [4.69, 9.17) is 0 Å². The van der Waals surface area contributed by atoms with Gasteiger partial charge >= 0.3 is 0 Å². The molecule has 0 aliphatic rings. The molecule has 2 aromatic carbocycles. The normalized spacial score (nSPS) is 10.5. The van der Waals surface area contributed by atoms with Crippen molar-refractivity contribution in [1.29, 1.82) is 0 Å². The van der Waals surface area contributed by atoms with Crippen LogP contribution in [0.2, 0.25) is 0 Å². The first-order valence-corrected chi connectivity index (χ1v) is 7.81. The van der Waals surface area contributed by atoms with Crippen LogP contribution in [0.25, 0.3) is 0 Å². The monoisotopic (exact) mass is 334 g/mol. The Hall–Kier alpha value is -1.06. The average molecular weight is 335 g/mol. The lowest BCUT2D eigenvalue weighted by Gasteiger charge is -2.07. The Balaban J connectivity index is 2.18. The molecule has 0 radical (unpaired) electrons. The van der Waals surface area contributed by atoms with Gasteiger partial charge in [-0.3, -0.25) is 4.79 Å². The van der Waals surface area contributed by atoms with Crippen molar-refractivity contribution in [1.82, 2.24) is 0 Å². The van der Waals surface area contributed by atoms with Crippen LogP contribution in [0.4, 0.5) is 0 Å².